The minimum absolute atomic E-state index is 0.0913. The molecule has 1 unspecified atom stereocenters. The molecule has 2 aliphatic heterocycles. The van der Waals surface area contributed by atoms with Crippen LogP contribution in [0.3, 0.4) is 0 Å². The maximum absolute atomic E-state index is 13.0. The van der Waals surface area contributed by atoms with Gasteiger partial charge in [0.15, 0.2) is 12.0 Å². The molecule has 0 aliphatic carbocycles. The third-order valence-corrected chi connectivity index (χ3v) is 5.77. The summed E-state index contributed by atoms with van der Waals surface area (Å²) in [7, 11) is 3.58. The number of anilines is 1. The molecule has 0 bridgehead atoms. The quantitative estimate of drug-likeness (QED) is 0.607. The highest BCUT2D eigenvalue weighted by Gasteiger charge is 2.26. The number of H-pyrrole nitrogens is 1. The number of benzene rings is 1. The number of halogens is 1. The summed E-state index contributed by atoms with van der Waals surface area (Å²) in [5.74, 6) is 0.943. The van der Waals surface area contributed by atoms with Crippen molar-refractivity contribution in [3.8, 4) is 5.75 Å². The highest BCUT2D eigenvalue weighted by molar-refractivity contribution is 6.35. The predicted molar refractivity (Wildman–Crippen MR) is 119 cm³/mol. The molecule has 0 spiro atoms. The Kier molecular flexibility index (Phi) is 6.24. The molecule has 2 aromatic rings. The molecular formula is C21H27ClN6O3. The lowest BCUT2D eigenvalue weighted by Crippen LogP contribution is -2.47. The zero-order valence-electron chi connectivity index (χ0n) is 17.9. The normalized spacial score (nSPS) is 18.6. The molecule has 1 saturated heterocycles. The van der Waals surface area contributed by atoms with E-state index in [2.05, 4.69) is 25.5 Å². The van der Waals surface area contributed by atoms with Crippen LogP contribution >= 0.6 is 11.6 Å². The average Bonchev–Trinajstić information content (AvgIpc) is 3.23. The van der Waals surface area contributed by atoms with Crippen LogP contribution in [0.2, 0.25) is 5.02 Å². The number of nitrogens with one attached hydrogen (secondary N) is 3. The van der Waals surface area contributed by atoms with Crippen LogP contribution in [0.4, 0.5) is 5.69 Å². The first kappa shape index (κ1) is 21.3. The van der Waals surface area contributed by atoms with E-state index in [-0.39, 0.29) is 10.9 Å². The van der Waals surface area contributed by atoms with E-state index in [1.54, 1.807) is 12.1 Å². The van der Waals surface area contributed by atoms with Crippen LogP contribution in [0.25, 0.3) is 5.88 Å². The number of aromatic nitrogens is 1. The Hall–Kier alpha value is -2.91. The number of ether oxygens (including phenoxy) is 2. The highest BCUT2D eigenvalue weighted by atomic mass is 35.5. The minimum Gasteiger partial charge on any atom is -0.493 e. The number of hydrogen-bond donors (Lipinski definition) is 3. The van der Waals surface area contributed by atoms with Crippen LogP contribution in [0.5, 0.6) is 5.75 Å². The van der Waals surface area contributed by atoms with E-state index in [9.17, 15) is 4.79 Å². The van der Waals surface area contributed by atoms with Crippen LogP contribution in [-0.4, -0.2) is 73.9 Å². The summed E-state index contributed by atoms with van der Waals surface area (Å²) >= 11 is 6.61. The van der Waals surface area contributed by atoms with Gasteiger partial charge in [-0.15, -0.1) is 0 Å². The fourth-order valence-electron chi connectivity index (χ4n) is 3.71. The molecule has 2 aliphatic rings. The van der Waals surface area contributed by atoms with Crippen molar-refractivity contribution >= 4 is 29.1 Å². The van der Waals surface area contributed by atoms with Gasteiger partial charge in [0.1, 0.15) is 5.49 Å². The lowest BCUT2D eigenvalue weighted by molar-refractivity contribution is 0.0664. The summed E-state index contributed by atoms with van der Waals surface area (Å²) < 4.78 is 11.3. The number of hydrogen-bond acceptors (Lipinski definition) is 7. The third kappa shape index (κ3) is 4.28. The maximum atomic E-state index is 13.0. The largest absolute Gasteiger partial charge is 0.493 e. The van der Waals surface area contributed by atoms with Crippen LogP contribution in [-0.2, 0) is 4.74 Å². The Balaban J connectivity index is 1.58. The van der Waals surface area contributed by atoms with Gasteiger partial charge in [0.2, 0.25) is 5.88 Å². The van der Waals surface area contributed by atoms with Gasteiger partial charge < -0.3 is 34.9 Å². The van der Waals surface area contributed by atoms with E-state index < -0.39 is 6.29 Å². The van der Waals surface area contributed by atoms with Crippen molar-refractivity contribution in [2.75, 3.05) is 52.3 Å². The standard InChI is InChI=1S/C21H27ClN6O3/c1-4-31-19-14-7-8-23-18(14)25-21(26-19)24-15-6-5-13(16(22)17(15)30-3)20(29)28-11-9-27(2)10-12-28/h5-8,21,24,26H,4,9-12H2,1-3H3,(H,23,25). The molecule has 1 amide bonds. The van der Waals surface area contributed by atoms with E-state index in [0.717, 1.165) is 18.3 Å². The molecule has 1 atom stereocenters. The summed E-state index contributed by atoms with van der Waals surface area (Å²) in [4.78, 5) is 24.8. The second-order valence-corrected chi connectivity index (χ2v) is 7.80. The van der Waals surface area contributed by atoms with Gasteiger partial charge >= 0.3 is 0 Å². The van der Waals surface area contributed by atoms with Crippen LogP contribution in [0.1, 0.15) is 17.3 Å². The van der Waals surface area contributed by atoms with Crippen molar-refractivity contribution in [1.29, 1.82) is 0 Å². The number of rotatable bonds is 6. The molecule has 31 heavy (non-hydrogen) atoms. The molecule has 9 nitrogen and oxygen atoms in total. The third-order valence-electron chi connectivity index (χ3n) is 5.40. The minimum atomic E-state index is -0.503. The zero-order valence-corrected chi connectivity index (χ0v) is 18.6. The number of amides is 1. The second kappa shape index (κ2) is 9.07. The molecule has 10 heteroatoms. The maximum Gasteiger partial charge on any atom is 0.255 e. The van der Waals surface area contributed by atoms with Crippen LogP contribution in [0.15, 0.2) is 29.4 Å². The van der Waals surface area contributed by atoms with Gasteiger partial charge in [0.05, 0.1) is 35.2 Å². The molecular weight excluding hydrogens is 420 g/mol. The Morgan fingerprint density at radius 3 is 2.77 bits per heavy atom. The topological polar surface area (TPSA) is 94.2 Å². The number of carbonyl (C=O) groups excluding carboxylic acids is 1. The summed E-state index contributed by atoms with van der Waals surface area (Å²) in [6.07, 6.45) is 1.31. The fourth-order valence-corrected chi connectivity index (χ4v) is 4.03. The molecule has 3 heterocycles. The van der Waals surface area contributed by atoms with E-state index in [4.69, 9.17) is 21.1 Å². The second-order valence-electron chi connectivity index (χ2n) is 7.43. The van der Waals surface area contributed by atoms with Crippen LogP contribution in [0, 0.1) is 0 Å². The number of fused-ring (bicyclic) bond motifs is 1. The summed E-state index contributed by atoms with van der Waals surface area (Å²) in [6.45, 7) is 5.48. The molecule has 166 valence electrons. The molecule has 4 rings (SSSR count). The Morgan fingerprint density at radius 2 is 2.06 bits per heavy atom. The molecule has 0 radical (unpaired) electrons. The van der Waals surface area contributed by atoms with Gasteiger partial charge in [-0.05, 0) is 32.2 Å². The lowest BCUT2D eigenvalue weighted by Gasteiger charge is -2.32. The first-order chi connectivity index (χ1) is 15.0. The van der Waals surface area contributed by atoms with E-state index >= 15 is 0 Å². The summed E-state index contributed by atoms with van der Waals surface area (Å²) in [5, 5.41) is 7.65. The van der Waals surface area contributed by atoms with Gasteiger partial charge in [-0.1, -0.05) is 11.6 Å². The number of likely N-dealkylation sites (N-methyl/N-ethyl adjacent to an activating group) is 1. The SMILES string of the molecule is CCOC1=c2cc[nH]c2=NC(Nc2ccc(C(=O)N3CCN(C)CC3)c(Cl)c2OC)N1. The number of aromatic amines is 1. The van der Waals surface area contributed by atoms with E-state index in [1.807, 2.05) is 31.1 Å². The summed E-state index contributed by atoms with van der Waals surface area (Å²) in [5.41, 5.74) is 1.76. The molecule has 1 aromatic carbocycles. The van der Waals surface area contributed by atoms with E-state index in [1.165, 1.54) is 7.11 Å². The number of piperazine rings is 1. The van der Waals surface area contributed by atoms with Gasteiger partial charge in [-0.2, -0.15) is 0 Å². The van der Waals surface area contributed by atoms with Crippen molar-refractivity contribution in [3.63, 3.8) is 0 Å². The number of methoxy groups -OCH3 is 1. The Morgan fingerprint density at radius 1 is 1.29 bits per heavy atom. The highest BCUT2D eigenvalue weighted by Crippen LogP contribution is 2.36. The zero-order chi connectivity index (χ0) is 22.0. The first-order valence-electron chi connectivity index (χ1n) is 10.3. The van der Waals surface area contributed by atoms with Gasteiger partial charge in [0, 0.05) is 32.4 Å². The first-order valence-corrected chi connectivity index (χ1v) is 10.6. The van der Waals surface area contributed by atoms with Crippen LogP contribution < -0.4 is 26.1 Å². The van der Waals surface area contributed by atoms with Gasteiger partial charge in [-0.3, -0.25) is 4.79 Å². The molecule has 3 N–H and O–H groups in total. The average molecular weight is 447 g/mol. The van der Waals surface area contributed by atoms with Crippen molar-refractivity contribution in [2.45, 2.75) is 13.2 Å². The molecule has 1 fully saturated rings. The predicted octanol–water partition coefficient (Wildman–Crippen LogP) is 0.785. The van der Waals surface area contributed by atoms with Crippen molar-refractivity contribution in [1.82, 2.24) is 20.1 Å². The Bertz CT molecular complexity index is 1080. The monoisotopic (exact) mass is 446 g/mol. The molecule has 0 saturated carbocycles. The smallest absolute Gasteiger partial charge is 0.255 e. The Labute approximate surface area is 185 Å². The van der Waals surface area contributed by atoms with Gasteiger partial charge in [0.25, 0.3) is 5.91 Å². The van der Waals surface area contributed by atoms with Crippen molar-refractivity contribution in [2.24, 2.45) is 4.99 Å². The van der Waals surface area contributed by atoms with Gasteiger partial charge in [-0.25, -0.2) is 4.99 Å². The lowest BCUT2D eigenvalue weighted by atomic mass is 10.1. The number of carbonyl (C=O) groups is 1. The fraction of sp³-hybridized carbons (Fsp3) is 0.429. The number of nitrogens with zero attached hydrogens (tertiary/aromatic N) is 3. The molecule has 1 aromatic heterocycles. The van der Waals surface area contributed by atoms with Crippen molar-refractivity contribution < 1.29 is 14.3 Å². The summed E-state index contributed by atoms with van der Waals surface area (Å²) in [6, 6.07) is 5.42. The van der Waals surface area contributed by atoms with E-state index in [0.29, 0.717) is 48.1 Å². The van der Waals surface area contributed by atoms with Crippen molar-refractivity contribution in [3.05, 3.63) is 45.7 Å².